The lowest BCUT2D eigenvalue weighted by atomic mass is 9.97. The summed E-state index contributed by atoms with van der Waals surface area (Å²) < 4.78 is 21.7. The molecular formula is C33H38N4O6. The Morgan fingerprint density at radius 1 is 0.884 bits per heavy atom. The summed E-state index contributed by atoms with van der Waals surface area (Å²) in [4.78, 5) is 31.7. The molecule has 0 radical (unpaired) electrons. The van der Waals surface area contributed by atoms with Crippen LogP contribution in [0.25, 0.3) is 0 Å². The SMILES string of the molecule is COc1ccc(C(=O)N(CCN2CCOCC2)CC(=O)N2N=C(c3ccc(OC)cc3)C[C@@H]2c2ccccc2OC)cc1. The lowest BCUT2D eigenvalue weighted by Gasteiger charge is -2.31. The van der Waals surface area contributed by atoms with Crippen LogP contribution in [0.1, 0.15) is 33.9 Å². The number of rotatable bonds is 11. The molecule has 0 unspecified atom stereocenters. The maximum absolute atomic E-state index is 14.1. The van der Waals surface area contributed by atoms with Gasteiger partial charge in [-0.05, 0) is 60.2 Å². The number of morpholine rings is 1. The van der Waals surface area contributed by atoms with Crippen LogP contribution < -0.4 is 14.2 Å². The number of carbonyl (C=O) groups excluding carboxylic acids is 2. The standard InChI is InChI=1S/C33H38N4O6/c1-40-26-12-8-24(9-13-26)29-22-30(28-6-4-5-7-31(28)42-3)37(34-29)32(38)23-36(17-16-35-18-20-43-21-19-35)33(39)25-10-14-27(41-2)15-11-25/h4-15,30H,16-23H2,1-3H3/t30-/m1/s1. The number of methoxy groups -OCH3 is 3. The molecule has 2 aliphatic rings. The zero-order chi connectivity index (χ0) is 30.2. The molecule has 0 N–H and O–H groups in total. The number of hydrazone groups is 1. The average molecular weight is 587 g/mol. The van der Waals surface area contributed by atoms with E-state index in [-0.39, 0.29) is 18.4 Å². The first-order valence-corrected chi connectivity index (χ1v) is 14.4. The van der Waals surface area contributed by atoms with Crippen LogP contribution in [0.2, 0.25) is 0 Å². The van der Waals surface area contributed by atoms with Gasteiger partial charge >= 0.3 is 0 Å². The Morgan fingerprint density at radius 3 is 2.19 bits per heavy atom. The molecule has 0 aromatic heterocycles. The summed E-state index contributed by atoms with van der Waals surface area (Å²) in [6, 6.07) is 21.8. The Bertz CT molecular complexity index is 1420. The minimum atomic E-state index is -0.391. The highest BCUT2D eigenvalue weighted by Gasteiger charge is 2.36. The van der Waals surface area contributed by atoms with E-state index >= 15 is 0 Å². The van der Waals surface area contributed by atoms with Gasteiger partial charge in [0.1, 0.15) is 23.8 Å². The number of hydrogen-bond donors (Lipinski definition) is 0. The van der Waals surface area contributed by atoms with E-state index in [1.54, 1.807) is 50.5 Å². The monoisotopic (exact) mass is 586 g/mol. The Balaban J connectivity index is 1.43. The van der Waals surface area contributed by atoms with E-state index in [2.05, 4.69) is 4.90 Å². The number of hydrogen-bond acceptors (Lipinski definition) is 8. The van der Waals surface area contributed by atoms with Crippen LogP contribution in [-0.2, 0) is 9.53 Å². The van der Waals surface area contributed by atoms with E-state index in [4.69, 9.17) is 24.0 Å². The third kappa shape index (κ3) is 7.15. The first kappa shape index (κ1) is 30.1. The third-order valence-corrected chi connectivity index (χ3v) is 7.83. The van der Waals surface area contributed by atoms with Crippen molar-refractivity contribution in [2.24, 2.45) is 5.10 Å². The highest BCUT2D eigenvalue weighted by atomic mass is 16.5. The molecule has 1 saturated heterocycles. The van der Waals surface area contributed by atoms with Gasteiger partial charge in [0.2, 0.25) is 0 Å². The summed E-state index contributed by atoms with van der Waals surface area (Å²) in [6.07, 6.45) is 0.499. The summed E-state index contributed by atoms with van der Waals surface area (Å²) >= 11 is 0. The largest absolute Gasteiger partial charge is 0.497 e. The van der Waals surface area contributed by atoms with Crippen molar-refractivity contribution < 1.29 is 28.5 Å². The second-order valence-electron chi connectivity index (χ2n) is 10.4. The fraction of sp³-hybridized carbons (Fsp3) is 0.364. The average Bonchev–Trinajstić information content (AvgIpc) is 3.52. The molecule has 43 heavy (non-hydrogen) atoms. The number of para-hydroxylation sites is 1. The normalized spacial score (nSPS) is 16.9. The van der Waals surface area contributed by atoms with Crippen molar-refractivity contribution in [3.05, 3.63) is 89.5 Å². The zero-order valence-electron chi connectivity index (χ0n) is 24.9. The zero-order valence-corrected chi connectivity index (χ0v) is 24.9. The van der Waals surface area contributed by atoms with Crippen molar-refractivity contribution in [3.8, 4) is 17.2 Å². The molecule has 10 nitrogen and oxygen atoms in total. The summed E-state index contributed by atoms with van der Waals surface area (Å²) in [6.45, 7) is 3.78. The van der Waals surface area contributed by atoms with Crippen molar-refractivity contribution in [1.82, 2.24) is 14.8 Å². The quantitative estimate of drug-likeness (QED) is 0.337. The van der Waals surface area contributed by atoms with Gasteiger partial charge in [-0.25, -0.2) is 5.01 Å². The highest BCUT2D eigenvalue weighted by molar-refractivity contribution is 6.04. The molecule has 0 saturated carbocycles. The number of nitrogens with zero attached hydrogens (tertiary/aromatic N) is 4. The summed E-state index contributed by atoms with van der Waals surface area (Å²) in [5.41, 5.74) is 3.01. The molecular weight excluding hydrogens is 548 g/mol. The number of carbonyl (C=O) groups is 2. The van der Waals surface area contributed by atoms with Gasteiger partial charge < -0.3 is 23.8 Å². The van der Waals surface area contributed by atoms with Crippen LogP contribution in [0.4, 0.5) is 0 Å². The van der Waals surface area contributed by atoms with Gasteiger partial charge in [-0.1, -0.05) is 18.2 Å². The topological polar surface area (TPSA) is 93.1 Å². The molecule has 2 aliphatic heterocycles. The molecule has 226 valence electrons. The Labute approximate surface area is 252 Å². The highest BCUT2D eigenvalue weighted by Crippen LogP contribution is 2.37. The Hall–Kier alpha value is -4.41. The fourth-order valence-corrected chi connectivity index (χ4v) is 5.37. The molecule has 0 bridgehead atoms. The predicted molar refractivity (Wildman–Crippen MR) is 163 cm³/mol. The van der Waals surface area contributed by atoms with Crippen LogP contribution in [0.15, 0.2) is 77.9 Å². The number of ether oxygens (including phenoxy) is 4. The van der Waals surface area contributed by atoms with Gasteiger partial charge in [0.05, 0.1) is 46.3 Å². The molecule has 5 rings (SSSR count). The van der Waals surface area contributed by atoms with Gasteiger partial charge in [0, 0.05) is 43.7 Å². The van der Waals surface area contributed by atoms with Gasteiger partial charge in [0.15, 0.2) is 0 Å². The molecule has 10 heteroatoms. The second-order valence-corrected chi connectivity index (χ2v) is 10.4. The van der Waals surface area contributed by atoms with Crippen molar-refractivity contribution in [2.75, 3.05) is 67.3 Å². The summed E-state index contributed by atoms with van der Waals surface area (Å²) in [5, 5.41) is 6.34. The summed E-state index contributed by atoms with van der Waals surface area (Å²) in [5.74, 6) is 1.57. The van der Waals surface area contributed by atoms with Crippen molar-refractivity contribution >= 4 is 17.5 Å². The van der Waals surface area contributed by atoms with Crippen molar-refractivity contribution in [1.29, 1.82) is 0 Å². The third-order valence-electron chi connectivity index (χ3n) is 7.83. The number of amides is 2. The van der Waals surface area contributed by atoms with E-state index in [0.717, 1.165) is 35.7 Å². The molecule has 3 aromatic carbocycles. The maximum atomic E-state index is 14.1. The van der Waals surface area contributed by atoms with E-state index in [9.17, 15) is 9.59 Å². The molecule has 2 heterocycles. The van der Waals surface area contributed by atoms with E-state index in [0.29, 0.717) is 49.8 Å². The Morgan fingerprint density at radius 2 is 1.53 bits per heavy atom. The van der Waals surface area contributed by atoms with Crippen LogP contribution in [0.5, 0.6) is 17.2 Å². The summed E-state index contributed by atoms with van der Waals surface area (Å²) in [7, 11) is 4.82. The predicted octanol–water partition coefficient (Wildman–Crippen LogP) is 3.86. The van der Waals surface area contributed by atoms with Crippen LogP contribution >= 0.6 is 0 Å². The molecule has 3 aromatic rings. The van der Waals surface area contributed by atoms with Crippen molar-refractivity contribution in [2.45, 2.75) is 12.5 Å². The van der Waals surface area contributed by atoms with Gasteiger partial charge in [-0.15, -0.1) is 0 Å². The van der Waals surface area contributed by atoms with Gasteiger partial charge in [-0.2, -0.15) is 5.10 Å². The minimum absolute atomic E-state index is 0.125. The lowest BCUT2D eigenvalue weighted by molar-refractivity contribution is -0.133. The van der Waals surface area contributed by atoms with Crippen LogP contribution in [0.3, 0.4) is 0 Å². The number of benzene rings is 3. The Kier molecular flexibility index (Phi) is 9.91. The lowest BCUT2D eigenvalue weighted by Crippen LogP contribution is -2.46. The maximum Gasteiger partial charge on any atom is 0.262 e. The molecule has 2 amide bonds. The molecule has 0 aliphatic carbocycles. The first-order chi connectivity index (χ1) is 21.0. The molecule has 0 spiro atoms. The molecule has 1 fully saturated rings. The second kappa shape index (κ2) is 14.2. The van der Waals surface area contributed by atoms with Crippen LogP contribution in [0, 0.1) is 0 Å². The fourth-order valence-electron chi connectivity index (χ4n) is 5.37. The van der Waals surface area contributed by atoms with Gasteiger partial charge in [-0.3, -0.25) is 14.5 Å². The molecule has 1 atom stereocenters. The van der Waals surface area contributed by atoms with Crippen LogP contribution in [-0.4, -0.2) is 99.6 Å². The minimum Gasteiger partial charge on any atom is -0.497 e. The smallest absolute Gasteiger partial charge is 0.262 e. The van der Waals surface area contributed by atoms with E-state index < -0.39 is 6.04 Å². The van der Waals surface area contributed by atoms with E-state index in [1.807, 2.05) is 48.5 Å². The van der Waals surface area contributed by atoms with E-state index in [1.165, 1.54) is 5.01 Å². The van der Waals surface area contributed by atoms with Gasteiger partial charge in [0.25, 0.3) is 11.8 Å². The van der Waals surface area contributed by atoms with Crippen molar-refractivity contribution in [3.63, 3.8) is 0 Å². The first-order valence-electron chi connectivity index (χ1n) is 14.4.